The van der Waals surface area contributed by atoms with Crippen LogP contribution in [0, 0.1) is 0 Å². The number of hydrogen-bond acceptors (Lipinski definition) is 5. The maximum atomic E-state index is 14.4. The van der Waals surface area contributed by atoms with Crippen LogP contribution in [0.15, 0.2) is 72.8 Å². The third-order valence-corrected chi connectivity index (χ3v) is 16.9. The molecule has 1 heterocycles. The molecule has 7 nitrogen and oxygen atoms in total. The molecule has 0 saturated carbocycles. The van der Waals surface area contributed by atoms with Crippen molar-refractivity contribution in [3.8, 4) is 16.9 Å². The van der Waals surface area contributed by atoms with E-state index in [4.69, 9.17) is 13.6 Å². The van der Waals surface area contributed by atoms with E-state index in [-0.39, 0.29) is 34.1 Å². The molecule has 1 aliphatic carbocycles. The predicted molar refractivity (Wildman–Crippen MR) is 207 cm³/mol. The minimum atomic E-state index is -2.34. The van der Waals surface area contributed by atoms with Crippen molar-refractivity contribution in [3.05, 3.63) is 95.1 Å². The lowest BCUT2D eigenvalue weighted by Crippen LogP contribution is -2.44. The molecule has 4 aromatic rings. The molecule has 0 aromatic heterocycles. The third-order valence-electron chi connectivity index (χ3n) is 10.8. The average molecular weight is 710 g/mol. The zero-order valence-corrected chi connectivity index (χ0v) is 33.6. The van der Waals surface area contributed by atoms with Crippen molar-refractivity contribution in [2.75, 3.05) is 18.1 Å². The van der Waals surface area contributed by atoms with E-state index in [1.807, 2.05) is 36.4 Å². The van der Waals surface area contributed by atoms with Crippen LogP contribution >= 0.6 is 0 Å². The fourth-order valence-electron chi connectivity index (χ4n) is 6.92. The molecule has 0 radical (unpaired) electrons. The van der Waals surface area contributed by atoms with Crippen LogP contribution < -0.4 is 9.33 Å². The van der Waals surface area contributed by atoms with Crippen molar-refractivity contribution in [1.82, 2.24) is 0 Å². The van der Waals surface area contributed by atoms with Gasteiger partial charge in [-0.2, -0.15) is 0 Å². The number of carboxylic acids is 1. The van der Waals surface area contributed by atoms with Gasteiger partial charge in [0.1, 0.15) is 12.4 Å². The van der Waals surface area contributed by atoms with Crippen molar-refractivity contribution >= 4 is 46.6 Å². The average Bonchev–Trinajstić information content (AvgIpc) is 3.58. The molecule has 264 valence electrons. The fourth-order valence-corrected chi connectivity index (χ4v) is 8.95. The van der Waals surface area contributed by atoms with Gasteiger partial charge in [0.25, 0.3) is 8.32 Å². The first-order chi connectivity index (χ1) is 23.3. The van der Waals surface area contributed by atoms with Crippen LogP contribution in [0.2, 0.25) is 23.2 Å². The van der Waals surface area contributed by atoms with E-state index in [0.29, 0.717) is 18.0 Å². The van der Waals surface area contributed by atoms with Crippen LogP contribution in [-0.4, -0.2) is 54.0 Å². The van der Waals surface area contributed by atoms with Gasteiger partial charge in [-0.1, -0.05) is 90.1 Å². The van der Waals surface area contributed by atoms with Crippen molar-refractivity contribution in [2.45, 2.75) is 96.0 Å². The summed E-state index contributed by atoms with van der Waals surface area (Å²) in [5.74, 6) is -0.660. The second kappa shape index (κ2) is 12.7. The number of carbonyl (C=O) groups excluding carboxylic acids is 1. The highest BCUT2D eigenvalue weighted by Gasteiger charge is 2.46. The number of carbonyl (C=O) groups is 2. The van der Waals surface area contributed by atoms with Gasteiger partial charge in [0.05, 0.1) is 16.9 Å². The van der Waals surface area contributed by atoms with Gasteiger partial charge in [-0.3, -0.25) is 4.90 Å². The topological polar surface area (TPSA) is 85.3 Å². The molecule has 0 saturated heterocycles. The zero-order chi connectivity index (χ0) is 36.4. The first-order valence-corrected chi connectivity index (χ1v) is 21.8. The lowest BCUT2D eigenvalue weighted by Gasteiger charge is -2.37. The molecule has 4 aromatic carbocycles. The zero-order valence-electron chi connectivity index (χ0n) is 31.1. The van der Waals surface area contributed by atoms with E-state index in [2.05, 4.69) is 92.7 Å². The second-order valence-corrected chi connectivity index (χ2v) is 24.6. The molecule has 0 bridgehead atoms. The first-order valence-electron chi connectivity index (χ1n) is 17.6. The van der Waals surface area contributed by atoms with E-state index >= 15 is 0 Å². The summed E-state index contributed by atoms with van der Waals surface area (Å²) in [6.07, 6.45) is -0.438. The van der Waals surface area contributed by atoms with E-state index in [0.717, 1.165) is 27.5 Å². The van der Waals surface area contributed by atoms with Gasteiger partial charge in [-0.05, 0) is 88.4 Å². The minimum absolute atomic E-state index is 0.0601. The SMILES string of the molecule is CC(C)(C)[SiH2]OC(C)(C)C1CN(C(=O)OCC2c3ccccc3-c3ccccc32)c2cc(O[Si](C)(C)C(C)(C)C)c3ccc(C(=O)O)cc3c21. The Morgan fingerprint density at radius 1 is 0.860 bits per heavy atom. The number of nitrogens with zero attached hydrogens (tertiary/aromatic N) is 1. The van der Waals surface area contributed by atoms with Crippen LogP contribution in [0.4, 0.5) is 10.5 Å². The number of amides is 1. The number of ether oxygens (including phenoxy) is 1. The molecule has 1 unspecified atom stereocenters. The molecule has 9 heteroatoms. The van der Waals surface area contributed by atoms with E-state index in [9.17, 15) is 14.7 Å². The molecule has 1 aliphatic heterocycles. The Hall–Kier alpha value is -3.93. The van der Waals surface area contributed by atoms with Gasteiger partial charge in [-0.15, -0.1) is 0 Å². The standard InChI is InChI=1S/C41H51NO6Si2/c1-39(2,3)49-48-41(7,8)33-23-42(38(45)46-24-32-28-17-13-11-15-26(28)27-16-12-14-18-29(27)32)34-22-35(47-50(9,10)40(4,5)6)30-20-19-25(37(43)44)21-31(30)36(33)34/h11-22,32-33H,23-24,49H2,1-10H3,(H,43,44). The monoisotopic (exact) mass is 709 g/mol. The molecule has 0 fully saturated rings. The summed E-state index contributed by atoms with van der Waals surface area (Å²) in [5.41, 5.74) is 5.78. The van der Waals surface area contributed by atoms with Gasteiger partial charge in [0.2, 0.25) is 0 Å². The van der Waals surface area contributed by atoms with Crippen LogP contribution in [0.5, 0.6) is 5.75 Å². The number of carboxylic acid groups (broad SMARTS) is 1. The summed E-state index contributed by atoms with van der Waals surface area (Å²) in [6.45, 7) is 22.3. The second-order valence-electron chi connectivity index (χ2n) is 17.2. The highest BCUT2D eigenvalue weighted by Crippen LogP contribution is 2.52. The minimum Gasteiger partial charge on any atom is -0.543 e. The van der Waals surface area contributed by atoms with Gasteiger partial charge in [-0.25, -0.2) is 9.59 Å². The Balaban J connectivity index is 1.45. The van der Waals surface area contributed by atoms with Crippen molar-refractivity contribution in [3.63, 3.8) is 0 Å². The van der Waals surface area contributed by atoms with Gasteiger partial charge in [0.15, 0.2) is 9.76 Å². The fraction of sp³-hybridized carbons (Fsp3) is 0.415. The molecule has 2 aliphatic rings. The molecule has 1 N–H and O–H groups in total. The number of anilines is 1. The molecule has 1 amide bonds. The summed E-state index contributed by atoms with van der Waals surface area (Å²) < 4.78 is 20.0. The normalized spacial score (nSPS) is 16.5. The van der Waals surface area contributed by atoms with Gasteiger partial charge >= 0.3 is 12.1 Å². The van der Waals surface area contributed by atoms with Crippen LogP contribution in [0.3, 0.4) is 0 Å². The lowest BCUT2D eigenvalue weighted by atomic mass is 9.83. The highest BCUT2D eigenvalue weighted by molar-refractivity contribution is 6.74. The predicted octanol–water partition coefficient (Wildman–Crippen LogP) is 9.87. The molecule has 6 rings (SSSR count). The van der Waals surface area contributed by atoms with Crippen molar-refractivity contribution < 1.29 is 28.3 Å². The number of benzene rings is 4. The van der Waals surface area contributed by atoms with Crippen molar-refractivity contribution in [2.24, 2.45) is 0 Å². The Morgan fingerprint density at radius 3 is 2.02 bits per heavy atom. The maximum Gasteiger partial charge on any atom is 0.414 e. The summed E-state index contributed by atoms with van der Waals surface area (Å²) in [4.78, 5) is 28.4. The molecule has 50 heavy (non-hydrogen) atoms. The molecular formula is C41H51NO6Si2. The van der Waals surface area contributed by atoms with Crippen molar-refractivity contribution in [1.29, 1.82) is 0 Å². The Bertz CT molecular complexity index is 1930. The van der Waals surface area contributed by atoms with Crippen LogP contribution in [0.1, 0.15) is 94.3 Å². The summed E-state index contributed by atoms with van der Waals surface area (Å²) in [6, 6.07) is 23.8. The number of hydrogen-bond donors (Lipinski definition) is 1. The number of rotatable bonds is 8. The molecule has 1 atom stereocenters. The smallest absolute Gasteiger partial charge is 0.414 e. The Labute approximate surface area is 300 Å². The molecular weight excluding hydrogens is 659 g/mol. The number of fused-ring (bicyclic) bond motifs is 6. The van der Waals surface area contributed by atoms with Gasteiger partial charge in [0, 0.05) is 29.8 Å². The van der Waals surface area contributed by atoms with Crippen LogP contribution in [-0.2, 0) is 9.16 Å². The summed E-state index contributed by atoms with van der Waals surface area (Å²) in [5, 5.41) is 11.7. The number of aromatic carboxylic acids is 1. The largest absolute Gasteiger partial charge is 0.543 e. The van der Waals surface area contributed by atoms with E-state index in [1.165, 1.54) is 11.1 Å². The van der Waals surface area contributed by atoms with Crippen LogP contribution in [0.25, 0.3) is 21.9 Å². The third kappa shape index (κ3) is 6.63. The summed E-state index contributed by atoms with van der Waals surface area (Å²) >= 11 is 0. The maximum absolute atomic E-state index is 14.4. The van der Waals surface area contributed by atoms with E-state index in [1.54, 1.807) is 17.0 Å². The first kappa shape index (κ1) is 35.9. The quantitative estimate of drug-likeness (QED) is 0.183. The Morgan fingerprint density at radius 2 is 1.46 bits per heavy atom. The highest BCUT2D eigenvalue weighted by atomic mass is 28.4. The summed E-state index contributed by atoms with van der Waals surface area (Å²) in [7, 11) is -3.30. The lowest BCUT2D eigenvalue weighted by molar-refractivity contribution is 0.0696. The van der Waals surface area contributed by atoms with E-state index < -0.39 is 35.7 Å². The van der Waals surface area contributed by atoms with Gasteiger partial charge < -0.3 is 18.7 Å². The Kier molecular flexibility index (Phi) is 9.11. The molecule has 0 spiro atoms.